The highest BCUT2D eigenvalue weighted by molar-refractivity contribution is 5.77. The number of imidazole rings is 1. The zero-order chi connectivity index (χ0) is 16.9. The number of rotatable bonds is 6. The van der Waals surface area contributed by atoms with Crippen LogP contribution in [0.5, 0.6) is 5.75 Å². The molecular weight excluding hydrogens is 316 g/mol. The van der Waals surface area contributed by atoms with Gasteiger partial charge in [0.25, 0.3) is 0 Å². The average Bonchev–Trinajstić information content (AvgIpc) is 3.11. The van der Waals surface area contributed by atoms with Crippen molar-refractivity contribution in [3.8, 4) is 11.4 Å². The molecule has 25 heavy (non-hydrogen) atoms. The van der Waals surface area contributed by atoms with E-state index in [2.05, 4.69) is 15.6 Å². The maximum absolute atomic E-state index is 5.82. The Morgan fingerprint density at radius 3 is 2.64 bits per heavy atom. The van der Waals surface area contributed by atoms with Crippen LogP contribution in [0.2, 0.25) is 0 Å². The fraction of sp³-hybridized carbons (Fsp3) is 0.350. The van der Waals surface area contributed by atoms with Crippen LogP contribution in [-0.2, 0) is 9.47 Å². The highest BCUT2D eigenvalue weighted by atomic mass is 16.5. The summed E-state index contributed by atoms with van der Waals surface area (Å²) in [6.45, 7) is 2.77. The molecule has 130 valence electrons. The lowest BCUT2D eigenvalue weighted by Crippen LogP contribution is -2.25. The second kappa shape index (κ2) is 7.68. The van der Waals surface area contributed by atoms with Gasteiger partial charge in [0.2, 0.25) is 0 Å². The summed E-state index contributed by atoms with van der Waals surface area (Å²) in [5.74, 6) is 0.851. The Kier molecular flexibility index (Phi) is 4.95. The maximum Gasteiger partial charge on any atom is 0.119 e. The Hall–Kier alpha value is -2.37. The predicted octanol–water partition coefficient (Wildman–Crippen LogP) is 3.60. The van der Waals surface area contributed by atoms with Crippen molar-refractivity contribution in [2.24, 2.45) is 0 Å². The van der Waals surface area contributed by atoms with Crippen LogP contribution in [0.3, 0.4) is 0 Å². The van der Waals surface area contributed by atoms with Gasteiger partial charge >= 0.3 is 0 Å². The van der Waals surface area contributed by atoms with E-state index in [9.17, 15) is 0 Å². The summed E-state index contributed by atoms with van der Waals surface area (Å²) in [4.78, 5) is 4.43. The summed E-state index contributed by atoms with van der Waals surface area (Å²) in [6, 6.07) is 16.2. The third-order valence-electron chi connectivity index (χ3n) is 4.44. The largest absolute Gasteiger partial charge is 0.491 e. The van der Waals surface area contributed by atoms with Gasteiger partial charge in [0.15, 0.2) is 0 Å². The summed E-state index contributed by atoms with van der Waals surface area (Å²) >= 11 is 0. The quantitative estimate of drug-likeness (QED) is 0.644. The standard InChI is InChI=1S/C20H22N2O3/c1-2-4-20-19(3-1)21-15-22(20)16-5-7-17(8-6-16)24-13-14-25-18-9-11-23-12-10-18/h1-8,15,18H,9-14H2. The third kappa shape index (κ3) is 3.83. The molecule has 1 aliphatic rings. The molecule has 0 unspecified atom stereocenters. The Morgan fingerprint density at radius 2 is 1.80 bits per heavy atom. The number of fused-ring (bicyclic) bond motifs is 1. The van der Waals surface area contributed by atoms with Crippen LogP contribution in [0, 0.1) is 0 Å². The van der Waals surface area contributed by atoms with Crippen LogP contribution in [0.4, 0.5) is 0 Å². The van der Waals surface area contributed by atoms with E-state index in [0.717, 1.165) is 48.5 Å². The molecular formula is C20H22N2O3. The molecule has 0 aliphatic carbocycles. The van der Waals surface area contributed by atoms with Gasteiger partial charge in [-0.15, -0.1) is 0 Å². The van der Waals surface area contributed by atoms with Crippen molar-refractivity contribution in [2.75, 3.05) is 26.4 Å². The van der Waals surface area contributed by atoms with E-state index in [1.54, 1.807) is 0 Å². The van der Waals surface area contributed by atoms with Gasteiger partial charge in [0, 0.05) is 18.9 Å². The second-order valence-electron chi connectivity index (χ2n) is 6.13. The molecule has 0 radical (unpaired) electrons. The third-order valence-corrected chi connectivity index (χ3v) is 4.44. The number of aromatic nitrogens is 2. The van der Waals surface area contributed by atoms with Crippen LogP contribution in [0.15, 0.2) is 54.9 Å². The van der Waals surface area contributed by atoms with Gasteiger partial charge in [0.1, 0.15) is 18.7 Å². The molecule has 2 aromatic carbocycles. The van der Waals surface area contributed by atoms with Crippen LogP contribution in [0.1, 0.15) is 12.8 Å². The molecule has 1 fully saturated rings. The maximum atomic E-state index is 5.82. The van der Waals surface area contributed by atoms with Crippen molar-refractivity contribution < 1.29 is 14.2 Å². The molecule has 0 bridgehead atoms. The second-order valence-corrected chi connectivity index (χ2v) is 6.13. The molecule has 0 amide bonds. The molecule has 5 heteroatoms. The number of para-hydroxylation sites is 2. The predicted molar refractivity (Wildman–Crippen MR) is 96.4 cm³/mol. The number of hydrogen-bond donors (Lipinski definition) is 0. The molecule has 0 spiro atoms. The number of nitrogens with zero attached hydrogens (tertiary/aromatic N) is 2. The highest BCUT2D eigenvalue weighted by Gasteiger charge is 2.13. The van der Waals surface area contributed by atoms with Gasteiger partial charge in [-0.25, -0.2) is 4.98 Å². The van der Waals surface area contributed by atoms with E-state index < -0.39 is 0 Å². The monoisotopic (exact) mass is 338 g/mol. The summed E-state index contributed by atoms with van der Waals surface area (Å²) in [5, 5.41) is 0. The smallest absolute Gasteiger partial charge is 0.119 e. The normalized spacial score (nSPS) is 15.5. The van der Waals surface area contributed by atoms with Crippen molar-refractivity contribution in [1.82, 2.24) is 9.55 Å². The molecule has 5 nitrogen and oxygen atoms in total. The van der Waals surface area contributed by atoms with Gasteiger partial charge in [0.05, 0.1) is 23.7 Å². The van der Waals surface area contributed by atoms with Gasteiger partial charge in [-0.1, -0.05) is 12.1 Å². The molecule has 3 aromatic rings. The molecule has 0 N–H and O–H groups in total. The Balaban J connectivity index is 1.32. The Morgan fingerprint density at radius 1 is 1.00 bits per heavy atom. The van der Waals surface area contributed by atoms with Crippen LogP contribution in [-0.4, -0.2) is 42.1 Å². The lowest BCUT2D eigenvalue weighted by atomic mass is 10.2. The minimum absolute atomic E-state index is 0.314. The van der Waals surface area contributed by atoms with E-state index in [-0.39, 0.29) is 0 Å². The summed E-state index contributed by atoms with van der Waals surface area (Å²) in [7, 11) is 0. The van der Waals surface area contributed by atoms with E-state index in [1.807, 2.05) is 48.8 Å². The highest BCUT2D eigenvalue weighted by Crippen LogP contribution is 2.20. The van der Waals surface area contributed by atoms with Gasteiger partial charge in [-0.3, -0.25) is 4.57 Å². The minimum Gasteiger partial charge on any atom is -0.491 e. The van der Waals surface area contributed by atoms with E-state index in [1.165, 1.54) is 0 Å². The van der Waals surface area contributed by atoms with Crippen molar-refractivity contribution in [1.29, 1.82) is 0 Å². The molecule has 4 rings (SSSR count). The molecule has 1 aromatic heterocycles. The lowest BCUT2D eigenvalue weighted by molar-refractivity contribution is -0.0388. The van der Waals surface area contributed by atoms with Crippen LogP contribution in [0.25, 0.3) is 16.7 Å². The topological polar surface area (TPSA) is 45.5 Å². The average molecular weight is 338 g/mol. The van der Waals surface area contributed by atoms with E-state index in [4.69, 9.17) is 14.2 Å². The Bertz CT molecular complexity index is 807. The number of hydrogen-bond acceptors (Lipinski definition) is 4. The summed E-state index contributed by atoms with van der Waals surface area (Å²) < 4.78 is 19.0. The van der Waals surface area contributed by atoms with Gasteiger partial charge in [-0.2, -0.15) is 0 Å². The van der Waals surface area contributed by atoms with Crippen molar-refractivity contribution in [2.45, 2.75) is 18.9 Å². The summed E-state index contributed by atoms with van der Waals surface area (Å²) in [5.41, 5.74) is 3.16. The fourth-order valence-corrected chi connectivity index (χ4v) is 3.08. The van der Waals surface area contributed by atoms with E-state index in [0.29, 0.717) is 19.3 Å². The zero-order valence-electron chi connectivity index (χ0n) is 14.1. The SMILES string of the molecule is c1ccc2c(c1)ncn2-c1ccc(OCCOC2CCOCC2)cc1. The molecule has 1 saturated heterocycles. The first-order valence-corrected chi connectivity index (χ1v) is 8.75. The van der Waals surface area contributed by atoms with Crippen molar-refractivity contribution in [3.63, 3.8) is 0 Å². The van der Waals surface area contributed by atoms with Gasteiger partial charge < -0.3 is 14.2 Å². The molecule has 1 aliphatic heterocycles. The van der Waals surface area contributed by atoms with Crippen molar-refractivity contribution >= 4 is 11.0 Å². The first-order valence-electron chi connectivity index (χ1n) is 8.75. The van der Waals surface area contributed by atoms with Crippen molar-refractivity contribution in [3.05, 3.63) is 54.9 Å². The first-order chi connectivity index (χ1) is 12.4. The summed E-state index contributed by atoms with van der Waals surface area (Å²) in [6.07, 6.45) is 4.12. The fourth-order valence-electron chi connectivity index (χ4n) is 3.08. The van der Waals surface area contributed by atoms with E-state index >= 15 is 0 Å². The molecule has 0 saturated carbocycles. The molecule has 2 heterocycles. The number of ether oxygens (including phenoxy) is 3. The zero-order valence-corrected chi connectivity index (χ0v) is 14.1. The number of benzene rings is 2. The lowest BCUT2D eigenvalue weighted by Gasteiger charge is -2.22. The Labute approximate surface area is 147 Å². The first kappa shape index (κ1) is 16.1. The van der Waals surface area contributed by atoms with Crippen LogP contribution >= 0.6 is 0 Å². The van der Waals surface area contributed by atoms with Crippen LogP contribution < -0.4 is 4.74 Å². The van der Waals surface area contributed by atoms with Gasteiger partial charge in [-0.05, 0) is 49.2 Å². The molecule has 0 atom stereocenters. The minimum atomic E-state index is 0.314.